The number of nitrogens with zero attached hydrogens (tertiary/aromatic N) is 3. The summed E-state index contributed by atoms with van der Waals surface area (Å²) in [5.41, 5.74) is 1.39. The second-order valence-electron chi connectivity index (χ2n) is 8.07. The third-order valence-electron chi connectivity index (χ3n) is 5.57. The number of nitrogens with one attached hydrogen (secondary N) is 1. The van der Waals surface area contributed by atoms with Crippen LogP contribution < -0.4 is 19.1 Å². The first-order valence-electron chi connectivity index (χ1n) is 11.3. The fourth-order valence-corrected chi connectivity index (χ4v) is 7.03. The molecule has 0 spiro atoms. The van der Waals surface area contributed by atoms with Crippen molar-refractivity contribution < 1.29 is 22.7 Å². The zero-order chi connectivity index (χ0) is 26.7. The molecule has 4 aromatic rings. The van der Waals surface area contributed by atoms with Gasteiger partial charge in [-0.15, -0.1) is 10.2 Å². The van der Waals surface area contributed by atoms with Crippen LogP contribution in [0.15, 0.2) is 82.0 Å². The number of carbonyl (C=O) groups excluding carboxylic acids is 1. The van der Waals surface area contributed by atoms with E-state index in [0.29, 0.717) is 26.0 Å². The van der Waals surface area contributed by atoms with Gasteiger partial charge in [-0.3, -0.25) is 14.4 Å². The molecule has 0 saturated heterocycles. The Morgan fingerprint density at radius 1 is 1.16 bits per heavy atom. The van der Waals surface area contributed by atoms with Gasteiger partial charge in [-0.25, -0.2) is 8.42 Å². The first-order valence-corrected chi connectivity index (χ1v) is 14.9. The molecule has 2 heterocycles. The molecule has 0 radical (unpaired) electrons. The smallest absolute Gasteiger partial charge is 0.269 e. The lowest BCUT2D eigenvalue weighted by molar-refractivity contribution is -0.122. The van der Waals surface area contributed by atoms with E-state index >= 15 is 0 Å². The van der Waals surface area contributed by atoms with Crippen molar-refractivity contribution in [1.82, 2.24) is 10.2 Å². The molecule has 0 unspecified atom stereocenters. The minimum Gasteiger partial charge on any atom is -0.497 e. The Labute approximate surface area is 232 Å². The Balaban J connectivity index is 1.34. The molecule has 0 saturated carbocycles. The number of ether oxygens (including phenoxy) is 2. The van der Waals surface area contributed by atoms with Crippen molar-refractivity contribution in [2.24, 2.45) is 0 Å². The van der Waals surface area contributed by atoms with E-state index in [1.54, 1.807) is 18.2 Å². The van der Waals surface area contributed by atoms with Gasteiger partial charge in [0.2, 0.25) is 5.13 Å². The minimum atomic E-state index is -4.06. The Morgan fingerprint density at radius 3 is 2.66 bits per heavy atom. The SMILES string of the molecule is COc1ccc(S(=O)(=O)N2C[C@@H](C(=O)Nc3nnc(SCc4ccccc4)s3)Oc3ccc(Cl)cc32)cc1. The molecule has 1 aliphatic rings. The molecule has 196 valence electrons. The molecule has 1 N–H and O–H groups in total. The van der Waals surface area contributed by atoms with Gasteiger partial charge in [0.15, 0.2) is 10.4 Å². The van der Waals surface area contributed by atoms with Crippen LogP contribution in [0.4, 0.5) is 10.8 Å². The molecule has 0 fully saturated rings. The van der Waals surface area contributed by atoms with Crippen LogP contribution in [-0.4, -0.2) is 44.3 Å². The lowest BCUT2D eigenvalue weighted by Crippen LogP contribution is -2.48. The molecule has 1 amide bonds. The molecular weight excluding hydrogens is 568 g/mol. The molecule has 0 aliphatic carbocycles. The van der Waals surface area contributed by atoms with Crippen LogP contribution in [0.1, 0.15) is 5.56 Å². The number of thioether (sulfide) groups is 1. The Bertz CT molecular complexity index is 1550. The molecule has 3 aromatic carbocycles. The fraction of sp³-hybridized carbons (Fsp3) is 0.160. The molecule has 5 rings (SSSR count). The number of amides is 1. The number of benzene rings is 3. The van der Waals surface area contributed by atoms with Crippen molar-refractivity contribution in [3.05, 3.63) is 83.4 Å². The summed E-state index contributed by atoms with van der Waals surface area (Å²) in [6.07, 6.45) is -1.14. The molecule has 9 nitrogen and oxygen atoms in total. The fourth-order valence-electron chi connectivity index (χ4n) is 3.69. The number of methoxy groups -OCH3 is 1. The maximum atomic E-state index is 13.6. The third-order valence-corrected chi connectivity index (χ3v) is 9.64. The van der Waals surface area contributed by atoms with Crippen LogP contribution in [-0.2, 0) is 20.6 Å². The highest BCUT2D eigenvalue weighted by molar-refractivity contribution is 8.00. The minimum absolute atomic E-state index is 0.0366. The zero-order valence-corrected chi connectivity index (χ0v) is 23.1. The summed E-state index contributed by atoms with van der Waals surface area (Å²) in [6, 6.07) is 20.5. The number of halogens is 1. The van der Waals surface area contributed by atoms with Gasteiger partial charge >= 0.3 is 0 Å². The lowest BCUT2D eigenvalue weighted by atomic mass is 10.2. The molecule has 1 aliphatic heterocycles. The van der Waals surface area contributed by atoms with Crippen LogP contribution in [0, 0.1) is 0 Å². The second-order valence-corrected chi connectivity index (χ2v) is 12.6. The highest BCUT2D eigenvalue weighted by Gasteiger charge is 2.38. The summed E-state index contributed by atoms with van der Waals surface area (Å²) in [5, 5.41) is 11.5. The van der Waals surface area contributed by atoms with E-state index in [1.165, 1.54) is 54.5 Å². The zero-order valence-electron chi connectivity index (χ0n) is 19.9. The summed E-state index contributed by atoms with van der Waals surface area (Å²) < 4.78 is 40.1. The first kappa shape index (κ1) is 26.3. The number of anilines is 2. The molecule has 0 bridgehead atoms. The molecule has 13 heteroatoms. The summed E-state index contributed by atoms with van der Waals surface area (Å²) in [5.74, 6) is 0.905. The van der Waals surface area contributed by atoms with Gasteiger partial charge in [-0.2, -0.15) is 0 Å². The van der Waals surface area contributed by atoms with Crippen LogP contribution in [0.25, 0.3) is 0 Å². The summed E-state index contributed by atoms with van der Waals surface area (Å²) in [7, 11) is -2.56. The molecule has 1 aromatic heterocycles. The van der Waals surface area contributed by atoms with Crippen molar-refractivity contribution in [2.75, 3.05) is 23.3 Å². The van der Waals surface area contributed by atoms with Crippen molar-refractivity contribution in [1.29, 1.82) is 0 Å². The standard InChI is InChI=1S/C25H21ClN4O5S3/c1-34-18-8-10-19(11-9-18)38(32,33)30-14-22(35-21-12-7-17(26)13-20(21)30)23(31)27-24-28-29-25(37-24)36-15-16-5-3-2-4-6-16/h2-13,22H,14-15H2,1H3,(H,27,28,31)/t22-/m0/s1. The van der Waals surface area contributed by atoms with Crippen molar-refractivity contribution in [3.63, 3.8) is 0 Å². The summed E-state index contributed by atoms with van der Waals surface area (Å²) in [6.45, 7) is -0.262. The van der Waals surface area contributed by atoms with Gasteiger partial charge in [0.25, 0.3) is 15.9 Å². The third kappa shape index (κ3) is 5.73. The quantitative estimate of drug-likeness (QED) is 0.224. The monoisotopic (exact) mass is 588 g/mol. The van der Waals surface area contributed by atoms with Gasteiger partial charge in [0, 0.05) is 10.8 Å². The van der Waals surface area contributed by atoms with Gasteiger partial charge < -0.3 is 9.47 Å². The predicted octanol–water partition coefficient (Wildman–Crippen LogP) is 5.09. The van der Waals surface area contributed by atoms with E-state index < -0.39 is 22.0 Å². The number of aromatic nitrogens is 2. The van der Waals surface area contributed by atoms with Crippen molar-refractivity contribution in [2.45, 2.75) is 21.1 Å². The van der Waals surface area contributed by atoms with E-state index in [9.17, 15) is 13.2 Å². The first-order chi connectivity index (χ1) is 18.3. The Hall–Kier alpha value is -3.32. The maximum Gasteiger partial charge on any atom is 0.269 e. The normalized spacial score (nSPS) is 14.9. The average molecular weight is 589 g/mol. The van der Waals surface area contributed by atoms with Gasteiger partial charge in [-0.1, -0.05) is 65.0 Å². The maximum absolute atomic E-state index is 13.6. The van der Waals surface area contributed by atoms with Crippen LogP contribution >= 0.6 is 34.7 Å². The number of sulfonamides is 1. The lowest BCUT2D eigenvalue weighted by Gasteiger charge is -2.34. The number of hydrogen-bond donors (Lipinski definition) is 1. The van der Waals surface area contributed by atoms with Crippen LogP contribution in [0.3, 0.4) is 0 Å². The highest BCUT2D eigenvalue weighted by atomic mass is 35.5. The Morgan fingerprint density at radius 2 is 1.92 bits per heavy atom. The molecule has 1 atom stereocenters. The number of rotatable bonds is 8. The Kier molecular flexibility index (Phi) is 7.75. The predicted molar refractivity (Wildman–Crippen MR) is 148 cm³/mol. The summed E-state index contributed by atoms with van der Waals surface area (Å²) >= 11 is 8.90. The van der Waals surface area contributed by atoms with E-state index in [2.05, 4.69) is 15.5 Å². The topological polar surface area (TPSA) is 111 Å². The molecule has 38 heavy (non-hydrogen) atoms. The number of fused-ring (bicyclic) bond motifs is 1. The van der Waals surface area contributed by atoms with E-state index in [1.807, 2.05) is 30.3 Å². The van der Waals surface area contributed by atoms with Gasteiger partial charge in [0.1, 0.15) is 11.5 Å². The van der Waals surface area contributed by atoms with Crippen LogP contribution in [0.2, 0.25) is 5.02 Å². The van der Waals surface area contributed by atoms with Crippen molar-refractivity contribution in [3.8, 4) is 11.5 Å². The summed E-state index contributed by atoms with van der Waals surface area (Å²) in [4.78, 5) is 13.2. The van der Waals surface area contributed by atoms with Gasteiger partial charge in [0.05, 0.1) is 24.2 Å². The van der Waals surface area contributed by atoms with E-state index in [0.717, 1.165) is 9.87 Å². The largest absolute Gasteiger partial charge is 0.497 e. The second kappa shape index (κ2) is 11.2. The number of hydrogen-bond acceptors (Lipinski definition) is 9. The highest BCUT2D eigenvalue weighted by Crippen LogP contribution is 2.39. The van der Waals surface area contributed by atoms with Gasteiger partial charge in [-0.05, 0) is 48.0 Å². The molecular formula is C25H21ClN4O5S3. The average Bonchev–Trinajstić information content (AvgIpc) is 3.39. The van der Waals surface area contributed by atoms with E-state index in [4.69, 9.17) is 21.1 Å². The van der Waals surface area contributed by atoms with Crippen LogP contribution in [0.5, 0.6) is 11.5 Å². The van der Waals surface area contributed by atoms with E-state index in [-0.39, 0.29) is 22.9 Å². The van der Waals surface area contributed by atoms with Crippen molar-refractivity contribution >= 4 is 61.4 Å². The number of carbonyl (C=O) groups is 1.